The van der Waals surface area contributed by atoms with E-state index in [4.69, 9.17) is 4.74 Å². The Labute approximate surface area is 166 Å². The first-order chi connectivity index (χ1) is 13.6. The van der Waals surface area contributed by atoms with Crippen LogP contribution in [0.5, 0.6) is 5.75 Å². The second-order valence-electron chi connectivity index (χ2n) is 9.17. The van der Waals surface area contributed by atoms with E-state index in [-0.39, 0.29) is 17.5 Å². The highest BCUT2D eigenvalue weighted by Crippen LogP contribution is 2.60. The molecule has 0 heterocycles. The minimum atomic E-state index is -0.303. The van der Waals surface area contributed by atoms with Crippen molar-refractivity contribution in [2.24, 2.45) is 17.3 Å². The Morgan fingerprint density at radius 3 is 2.71 bits per heavy atom. The lowest BCUT2D eigenvalue weighted by molar-refractivity contribution is -0.0226. The number of benzene rings is 2. The van der Waals surface area contributed by atoms with E-state index in [9.17, 15) is 9.90 Å². The van der Waals surface area contributed by atoms with Crippen LogP contribution >= 0.6 is 0 Å². The van der Waals surface area contributed by atoms with Crippen LogP contribution in [-0.4, -0.2) is 17.2 Å². The maximum absolute atomic E-state index is 12.4. The van der Waals surface area contributed by atoms with Crippen LogP contribution in [0, 0.1) is 17.3 Å². The quantitative estimate of drug-likeness (QED) is 0.584. The molecule has 2 aromatic rings. The molecule has 0 aromatic heterocycles. The standard InChI is InChI=1S/C25H28O3/c1-25-14-13-20-19-10-8-18(28-24(27)16-5-3-2-4-6-16)15-17(19)7-9-21(20)22(25)11-12-23(25)26/h2-6,8,10,15,20-23,26H,7,9,11-14H2,1H3/t20-,21+,22+,23-,25-/m0/s1. The van der Waals surface area contributed by atoms with Gasteiger partial charge in [-0.3, -0.25) is 0 Å². The van der Waals surface area contributed by atoms with Crippen LogP contribution < -0.4 is 4.74 Å². The fourth-order valence-corrected chi connectivity index (χ4v) is 6.33. The Bertz CT molecular complexity index is 890. The van der Waals surface area contributed by atoms with Crippen LogP contribution in [0.4, 0.5) is 0 Å². The molecule has 5 rings (SSSR count). The van der Waals surface area contributed by atoms with Crippen molar-refractivity contribution < 1.29 is 14.6 Å². The van der Waals surface area contributed by atoms with Crippen LogP contribution in [0.3, 0.4) is 0 Å². The fourth-order valence-electron chi connectivity index (χ4n) is 6.33. The van der Waals surface area contributed by atoms with Crippen LogP contribution in [0.15, 0.2) is 48.5 Å². The Kier molecular flexibility index (Phi) is 4.31. The molecule has 0 saturated heterocycles. The molecule has 3 heteroatoms. The molecule has 1 N–H and O–H groups in total. The summed E-state index contributed by atoms with van der Waals surface area (Å²) in [5.41, 5.74) is 3.47. The van der Waals surface area contributed by atoms with Gasteiger partial charge in [-0.05, 0) is 97.1 Å². The van der Waals surface area contributed by atoms with E-state index in [1.54, 1.807) is 12.1 Å². The summed E-state index contributed by atoms with van der Waals surface area (Å²) in [7, 11) is 0. The topological polar surface area (TPSA) is 46.5 Å². The van der Waals surface area contributed by atoms with E-state index < -0.39 is 0 Å². The lowest BCUT2D eigenvalue weighted by Crippen LogP contribution is -2.43. The summed E-state index contributed by atoms with van der Waals surface area (Å²) in [4.78, 5) is 12.4. The van der Waals surface area contributed by atoms with Crippen molar-refractivity contribution in [2.75, 3.05) is 0 Å². The van der Waals surface area contributed by atoms with E-state index in [0.29, 0.717) is 29.1 Å². The molecular formula is C25H28O3. The van der Waals surface area contributed by atoms with Gasteiger partial charge in [0.1, 0.15) is 5.75 Å². The number of carbonyl (C=O) groups excluding carboxylic acids is 1. The molecule has 3 nitrogen and oxygen atoms in total. The zero-order valence-corrected chi connectivity index (χ0v) is 16.4. The average molecular weight is 376 g/mol. The van der Waals surface area contributed by atoms with Gasteiger partial charge in [0.2, 0.25) is 0 Å². The zero-order chi connectivity index (χ0) is 19.3. The van der Waals surface area contributed by atoms with Gasteiger partial charge < -0.3 is 9.84 Å². The molecule has 0 spiro atoms. The molecule has 0 amide bonds. The summed E-state index contributed by atoms with van der Waals surface area (Å²) in [6.07, 6.45) is 6.50. The molecule has 0 aliphatic heterocycles. The Balaban J connectivity index is 1.37. The van der Waals surface area contributed by atoms with Gasteiger partial charge in [-0.2, -0.15) is 0 Å². The van der Waals surface area contributed by atoms with Crippen molar-refractivity contribution in [2.45, 2.75) is 57.5 Å². The van der Waals surface area contributed by atoms with E-state index >= 15 is 0 Å². The molecule has 3 aliphatic carbocycles. The third kappa shape index (κ3) is 2.79. The molecule has 146 valence electrons. The van der Waals surface area contributed by atoms with Gasteiger partial charge >= 0.3 is 5.97 Å². The molecular weight excluding hydrogens is 348 g/mol. The van der Waals surface area contributed by atoms with Crippen molar-refractivity contribution in [1.82, 2.24) is 0 Å². The third-order valence-corrected chi connectivity index (χ3v) is 7.87. The largest absolute Gasteiger partial charge is 0.423 e. The second kappa shape index (κ2) is 6.73. The normalized spacial score (nSPS) is 33.5. The minimum absolute atomic E-state index is 0.115. The number of aliphatic hydroxyl groups is 1. The number of aryl methyl sites for hydroxylation is 1. The van der Waals surface area contributed by atoms with Crippen molar-refractivity contribution in [3.8, 4) is 5.75 Å². The number of ether oxygens (including phenoxy) is 1. The van der Waals surface area contributed by atoms with E-state index in [1.165, 1.54) is 24.0 Å². The Hall–Kier alpha value is -2.13. The highest BCUT2D eigenvalue weighted by molar-refractivity contribution is 5.91. The lowest BCUT2D eigenvalue weighted by atomic mass is 9.55. The van der Waals surface area contributed by atoms with Gasteiger partial charge in [0.15, 0.2) is 0 Å². The van der Waals surface area contributed by atoms with Gasteiger partial charge in [-0.15, -0.1) is 0 Å². The van der Waals surface area contributed by atoms with E-state index in [0.717, 1.165) is 25.7 Å². The molecule has 5 atom stereocenters. The van der Waals surface area contributed by atoms with Gasteiger partial charge in [0, 0.05) is 0 Å². The molecule has 28 heavy (non-hydrogen) atoms. The lowest BCUT2D eigenvalue weighted by Gasteiger charge is -2.50. The van der Waals surface area contributed by atoms with Crippen molar-refractivity contribution in [1.29, 1.82) is 0 Å². The highest BCUT2D eigenvalue weighted by Gasteiger charge is 2.54. The number of hydrogen-bond acceptors (Lipinski definition) is 3. The molecule has 2 saturated carbocycles. The monoisotopic (exact) mass is 376 g/mol. The van der Waals surface area contributed by atoms with Crippen molar-refractivity contribution in [3.63, 3.8) is 0 Å². The average Bonchev–Trinajstić information content (AvgIpc) is 3.03. The number of esters is 1. The van der Waals surface area contributed by atoms with Crippen LogP contribution in [-0.2, 0) is 6.42 Å². The first-order valence-electron chi connectivity index (χ1n) is 10.6. The van der Waals surface area contributed by atoms with Gasteiger partial charge in [-0.1, -0.05) is 31.2 Å². The number of hydrogen-bond donors (Lipinski definition) is 1. The maximum atomic E-state index is 12.4. The highest BCUT2D eigenvalue weighted by atomic mass is 16.5. The van der Waals surface area contributed by atoms with E-state index in [1.807, 2.05) is 24.3 Å². The molecule has 2 aromatic carbocycles. The summed E-state index contributed by atoms with van der Waals surface area (Å²) in [5, 5.41) is 10.5. The predicted octanol–water partition coefficient (Wildman–Crippen LogP) is 5.12. The minimum Gasteiger partial charge on any atom is -0.423 e. The van der Waals surface area contributed by atoms with Gasteiger partial charge in [0.25, 0.3) is 0 Å². The number of rotatable bonds is 2. The first-order valence-corrected chi connectivity index (χ1v) is 10.6. The summed E-state index contributed by atoms with van der Waals surface area (Å²) in [6, 6.07) is 15.4. The Morgan fingerprint density at radius 1 is 1.07 bits per heavy atom. The molecule has 0 unspecified atom stereocenters. The molecule has 0 radical (unpaired) electrons. The first kappa shape index (κ1) is 17.9. The smallest absolute Gasteiger partial charge is 0.343 e. The number of aliphatic hydroxyl groups excluding tert-OH is 1. The van der Waals surface area contributed by atoms with Crippen molar-refractivity contribution in [3.05, 3.63) is 65.2 Å². The van der Waals surface area contributed by atoms with Crippen LogP contribution in [0.2, 0.25) is 0 Å². The maximum Gasteiger partial charge on any atom is 0.343 e. The van der Waals surface area contributed by atoms with E-state index in [2.05, 4.69) is 19.1 Å². The van der Waals surface area contributed by atoms with Crippen LogP contribution in [0.25, 0.3) is 0 Å². The SMILES string of the molecule is C[C@]12CC[C@H]3c4ccc(OC(=O)c5ccccc5)cc4CC[C@H]3[C@H]1CC[C@@H]2O. The molecule has 3 aliphatic rings. The van der Waals surface area contributed by atoms with Gasteiger partial charge in [-0.25, -0.2) is 4.79 Å². The summed E-state index contributed by atoms with van der Waals surface area (Å²) < 4.78 is 5.63. The zero-order valence-electron chi connectivity index (χ0n) is 16.4. The second-order valence-corrected chi connectivity index (χ2v) is 9.17. The van der Waals surface area contributed by atoms with Gasteiger partial charge in [0.05, 0.1) is 11.7 Å². The summed E-state index contributed by atoms with van der Waals surface area (Å²) in [6.45, 7) is 2.31. The van der Waals surface area contributed by atoms with Crippen molar-refractivity contribution >= 4 is 5.97 Å². The number of fused-ring (bicyclic) bond motifs is 5. The fraction of sp³-hybridized carbons (Fsp3) is 0.480. The number of carbonyl (C=O) groups is 1. The third-order valence-electron chi connectivity index (χ3n) is 7.87. The molecule has 2 fully saturated rings. The summed E-state index contributed by atoms with van der Waals surface area (Å²) in [5.74, 6) is 2.25. The van der Waals surface area contributed by atoms with Crippen LogP contribution in [0.1, 0.15) is 66.4 Å². The summed E-state index contributed by atoms with van der Waals surface area (Å²) >= 11 is 0. The Morgan fingerprint density at radius 2 is 1.89 bits per heavy atom. The predicted molar refractivity (Wildman–Crippen MR) is 108 cm³/mol. The molecule has 0 bridgehead atoms.